The van der Waals surface area contributed by atoms with Crippen molar-refractivity contribution < 1.29 is 0 Å². The molecular formula is C58H46BN3. The third kappa shape index (κ3) is 6.47. The summed E-state index contributed by atoms with van der Waals surface area (Å²) in [7, 11) is 0. The van der Waals surface area contributed by atoms with Crippen molar-refractivity contribution in [1.29, 1.82) is 0 Å². The number of anilines is 9. The first-order chi connectivity index (χ1) is 30.4. The highest BCUT2D eigenvalue weighted by Crippen LogP contribution is 2.48. The predicted molar refractivity (Wildman–Crippen MR) is 265 cm³/mol. The normalized spacial score (nSPS) is 12.4. The number of benzene rings is 9. The minimum Gasteiger partial charge on any atom is -0.311 e. The summed E-state index contributed by atoms with van der Waals surface area (Å²) in [6.07, 6.45) is 0. The van der Waals surface area contributed by atoms with Crippen molar-refractivity contribution in [2.75, 3.05) is 14.7 Å². The van der Waals surface area contributed by atoms with E-state index in [0.717, 1.165) is 28.4 Å². The van der Waals surface area contributed by atoms with E-state index in [-0.39, 0.29) is 6.71 Å². The van der Waals surface area contributed by atoms with Crippen LogP contribution in [0.4, 0.5) is 51.2 Å². The van der Waals surface area contributed by atoms with Crippen LogP contribution in [0.15, 0.2) is 206 Å². The maximum atomic E-state index is 2.51. The van der Waals surface area contributed by atoms with E-state index in [1.165, 1.54) is 83.6 Å². The summed E-state index contributed by atoms with van der Waals surface area (Å²) >= 11 is 0. The van der Waals surface area contributed by atoms with Crippen LogP contribution >= 0.6 is 0 Å². The molecule has 0 saturated heterocycles. The van der Waals surface area contributed by atoms with Gasteiger partial charge in [0.2, 0.25) is 0 Å². The summed E-state index contributed by atoms with van der Waals surface area (Å²) in [6, 6.07) is 76.4. The predicted octanol–water partition coefficient (Wildman–Crippen LogP) is 13.8. The molecule has 62 heavy (non-hydrogen) atoms. The molecular weight excluding hydrogens is 749 g/mol. The number of fused-ring (bicyclic) bond motifs is 4. The van der Waals surface area contributed by atoms with E-state index < -0.39 is 0 Å². The Morgan fingerprint density at radius 3 is 1.10 bits per heavy atom. The minimum absolute atomic E-state index is 0.0333. The summed E-state index contributed by atoms with van der Waals surface area (Å²) in [4.78, 5) is 7.46. The van der Waals surface area contributed by atoms with Gasteiger partial charge >= 0.3 is 0 Å². The lowest BCUT2D eigenvalue weighted by Crippen LogP contribution is -2.61. The van der Waals surface area contributed by atoms with Gasteiger partial charge in [-0.25, -0.2) is 0 Å². The van der Waals surface area contributed by atoms with Crippen molar-refractivity contribution in [1.82, 2.24) is 0 Å². The van der Waals surface area contributed by atoms with Crippen LogP contribution in [0.3, 0.4) is 0 Å². The van der Waals surface area contributed by atoms with Crippen LogP contribution in [0.25, 0.3) is 22.3 Å². The van der Waals surface area contributed by atoms with Crippen molar-refractivity contribution in [2.45, 2.75) is 27.7 Å². The molecule has 0 unspecified atom stereocenters. The highest BCUT2D eigenvalue weighted by Gasteiger charge is 2.44. The van der Waals surface area contributed by atoms with Crippen LogP contribution in [-0.4, -0.2) is 6.71 Å². The van der Waals surface area contributed by atoms with Crippen LogP contribution < -0.4 is 31.1 Å². The highest BCUT2D eigenvalue weighted by molar-refractivity contribution is 7.00. The van der Waals surface area contributed by atoms with Gasteiger partial charge in [0.25, 0.3) is 6.71 Å². The van der Waals surface area contributed by atoms with E-state index in [4.69, 9.17) is 0 Å². The summed E-state index contributed by atoms with van der Waals surface area (Å²) < 4.78 is 0. The molecule has 9 aromatic carbocycles. The molecule has 0 amide bonds. The Labute approximate surface area is 365 Å². The van der Waals surface area contributed by atoms with Crippen LogP contribution in [0, 0.1) is 27.7 Å². The van der Waals surface area contributed by atoms with Crippen LogP contribution in [0.5, 0.6) is 0 Å². The van der Waals surface area contributed by atoms with E-state index in [0.29, 0.717) is 0 Å². The first kappa shape index (κ1) is 37.4. The molecule has 0 saturated carbocycles. The highest BCUT2D eigenvalue weighted by atomic mass is 15.2. The summed E-state index contributed by atoms with van der Waals surface area (Å²) in [6.45, 7) is 8.81. The molecule has 0 bridgehead atoms. The van der Waals surface area contributed by atoms with Crippen LogP contribution in [0.1, 0.15) is 22.3 Å². The third-order valence-corrected chi connectivity index (χ3v) is 12.7. The first-order valence-corrected chi connectivity index (χ1v) is 21.6. The number of rotatable bonds is 7. The van der Waals surface area contributed by atoms with Crippen molar-refractivity contribution in [3.63, 3.8) is 0 Å². The molecule has 0 spiro atoms. The Balaban J connectivity index is 1.20. The van der Waals surface area contributed by atoms with Gasteiger partial charge in [-0.3, -0.25) is 0 Å². The largest absolute Gasteiger partial charge is 0.311 e. The van der Waals surface area contributed by atoms with Crippen LogP contribution in [0.2, 0.25) is 0 Å². The zero-order chi connectivity index (χ0) is 41.9. The zero-order valence-corrected chi connectivity index (χ0v) is 35.5. The summed E-state index contributed by atoms with van der Waals surface area (Å²) in [5.74, 6) is 0. The monoisotopic (exact) mass is 795 g/mol. The molecule has 0 atom stereocenters. The van der Waals surface area contributed by atoms with E-state index in [9.17, 15) is 0 Å². The molecule has 296 valence electrons. The zero-order valence-electron chi connectivity index (χ0n) is 35.5. The van der Waals surface area contributed by atoms with Gasteiger partial charge in [0.15, 0.2) is 0 Å². The summed E-state index contributed by atoms with van der Waals surface area (Å²) in [5.41, 5.74) is 24.0. The lowest BCUT2D eigenvalue weighted by atomic mass is 9.33. The van der Waals surface area contributed by atoms with Gasteiger partial charge in [-0.15, -0.1) is 0 Å². The molecule has 0 aromatic heterocycles. The van der Waals surface area contributed by atoms with Crippen molar-refractivity contribution >= 4 is 74.3 Å². The van der Waals surface area contributed by atoms with Gasteiger partial charge in [-0.1, -0.05) is 156 Å². The standard InChI is InChI=1S/C58H46BN3/c1-39-15-25-49(26-16-39)61-54-33-19-41(3)35-52(54)59-53-36-42(4)20-34-55(53)62(50-27-17-40(2)18-28-50)57-38-51(37-56(61)58(57)59)60(47-29-21-45(22-30-47)43-11-7-5-8-12-43)48-31-23-46(24-32-48)44-13-9-6-10-14-44/h5-38H,1-4H3. The van der Waals surface area contributed by atoms with Gasteiger partial charge in [0, 0.05) is 45.5 Å². The maximum absolute atomic E-state index is 2.51. The molecule has 0 fully saturated rings. The minimum atomic E-state index is 0.0333. The molecule has 0 radical (unpaired) electrons. The van der Waals surface area contributed by atoms with E-state index in [1.807, 2.05) is 0 Å². The second-order valence-corrected chi connectivity index (χ2v) is 17.0. The fourth-order valence-electron chi connectivity index (χ4n) is 9.62. The second kappa shape index (κ2) is 15.2. The molecule has 4 heteroatoms. The molecule has 0 N–H and O–H groups in total. The topological polar surface area (TPSA) is 9.72 Å². The van der Waals surface area contributed by atoms with Crippen molar-refractivity contribution in [3.8, 4) is 22.3 Å². The maximum Gasteiger partial charge on any atom is 0.252 e. The van der Waals surface area contributed by atoms with E-state index >= 15 is 0 Å². The number of hydrogen-bond acceptors (Lipinski definition) is 3. The molecule has 0 aliphatic carbocycles. The number of aryl methyl sites for hydroxylation is 4. The lowest BCUT2D eigenvalue weighted by molar-refractivity contribution is 1.22. The SMILES string of the molecule is Cc1ccc(N2c3ccc(C)cc3B3c4cc(C)ccc4N(c4ccc(C)cc4)c4cc(N(c5ccc(-c6ccccc6)cc5)c5ccc(-c6ccccc6)cc5)cc2c43)cc1. The van der Waals surface area contributed by atoms with Crippen LogP contribution in [-0.2, 0) is 0 Å². The van der Waals surface area contributed by atoms with E-state index in [2.05, 4.69) is 249 Å². The van der Waals surface area contributed by atoms with Gasteiger partial charge in [0.1, 0.15) is 0 Å². The Hall–Kier alpha value is -7.56. The molecule has 2 aliphatic rings. The van der Waals surface area contributed by atoms with Gasteiger partial charge in [0.05, 0.1) is 5.69 Å². The average molecular weight is 796 g/mol. The van der Waals surface area contributed by atoms with E-state index in [1.54, 1.807) is 0 Å². The summed E-state index contributed by atoms with van der Waals surface area (Å²) in [5, 5.41) is 0. The quantitative estimate of drug-likeness (QED) is 0.149. The average Bonchev–Trinajstić information content (AvgIpc) is 3.31. The smallest absolute Gasteiger partial charge is 0.252 e. The molecule has 11 rings (SSSR count). The number of hydrogen-bond donors (Lipinski definition) is 0. The Kier molecular flexibility index (Phi) is 9.16. The third-order valence-electron chi connectivity index (χ3n) is 12.7. The fourth-order valence-corrected chi connectivity index (χ4v) is 9.62. The molecule has 2 aliphatic heterocycles. The first-order valence-electron chi connectivity index (χ1n) is 21.6. The Morgan fingerprint density at radius 2 is 0.694 bits per heavy atom. The number of nitrogens with zero attached hydrogens (tertiary/aromatic N) is 3. The Bertz CT molecular complexity index is 2880. The van der Waals surface area contributed by atoms with Gasteiger partial charge in [-0.05, 0) is 139 Å². The fraction of sp³-hybridized carbons (Fsp3) is 0.0690. The molecule has 9 aromatic rings. The second-order valence-electron chi connectivity index (χ2n) is 17.0. The molecule has 2 heterocycles. The molecule has 3 nitrogen and oxygen atoms in total. The van der Waals surface area contributed by atoms with Crippen molar-refractivity contribution in [3.05, 3.63) is 229 Å². The van der Waals surface area contributed by atoms with Gasteiger partial charge < -0.3 is 14.7 Å². The Morgan fingerprint density at radius 1 is 0.323 bits per heavy atom. The lowest BCUT2D eigenvalue weighted by Gasteiger charge is -2.45. The van der Waals surface area contributed by atoms with Crippen molar-refractivity contribution in [2.24, 2.45) is 0 Å². The van der Waals surface area contributed by atoms with Gasteiger partial charge in [-0.2, -0.15) is 0 Å².